The van der Waals surface area contributed by atoms with E-state index in [-0.39, 0.29) is 12.0 Å². The molecule has 112 valence electrons. The van der Waals surface area contributed by atoms with E-state index >= 15 is 0 Å². The zero-order valence-corrected chi connectivity index (χ0v) is 13.1. The van der Waals surface area contributed by atoms with Gasteiger partial charge in [0.2, 0.25) is 0 Å². The predicted molar refractivity (Wildman–Crippen MR) is 82.5 cm³/mol. The standard InChI is InChI=1S/C16H21N3O2/c1-10-13(16(20)21-5)7-6-8-15(10)17-11(2)14-9-19(4)18-12(14)3/h6-9,11,17H,1-5H3. The number of carbonyl (C=O) groups excluding carboxylic acids is 1. The molecule has 21 heavy (non-hydrogen) atoms. The minimum absolute atomic E-state index is 0.102. The van der Waals surface area contributed by atoms with Crippen LogP contribution in [0.5, 0.6) is 0 Å². The summed E-state index contributed by atoms with van der Waals surface area (Å²) in [6.45, 7) is 5.98. The van der Waals surface area contributed by atoms with Crippen molar-refractivity contribution in [3.05, 3.63) is 46.8 Å². The molecular formula is C16H21N3O2. The van der Waals surface area contributed by atoms with E-state index in [4.69, 9.17) is 4.74 Å². The fourth-order valence-corrected chi connectivity index (χ4v) is 2.48. The smallest absolute Gasteiger partial charge is 0.338 e. The molecule has 0 aliphatic carbocycles. The summed E-state index contributed by atoms with van der Waals surface area (Å²) in [6.07, 6.45) is 2.01. The Morgan fingerprint density at radius 2 is 2.10 bits per heavy atom. The van der Waals surface area contributed by atoms with Crippen molar-refractivity contribution in [3.63, 3.8) is 0 Å². The minimum atomic E-state index is -0.318. The topological polar surface area (TPSA) is 56.1 Å². The van der Waals surface area contributed by atoms with Gasteiger partial charge >= 0.3 is 5.97 Å². The summed E-state index contributed by atoms with van der Waals surface area (Å²) < 4.78 is 6.61. The van der Waals surface area contributed by atoms with Gasteiger partial charge in [0, 0.05) is 24.5 Å². The van der Waals surface area contributed by atoms with Crippen molar-refractivity contribution in [3.8, 4) is 0 Å². The average Bonchev–Trinajstić information content (AvgIpc) is 2.79. The molecule has 0 fully saturated rings. The van der Waals surface area contributed by atoms with Crippen molar-refractivity contribution in [2.24, 2.45) is 7.05 Å². The third-order valence-corrected chi connectivity index (χ3v) is 3.63. The second-order valence-corrected chi connectivity index (χ2v) is 5.18. The molecule has 0 spiro atoms. The molecule has 1 N–H and O–H groups in total. The summed E-state index contributed by atoms with van der Waals surface area (Å²) in [5.74, 6) is -0.318. The first-order valence-corrected chi connectivity index (χ1v) is 6.88. The molecule has 0 aliphatic rings. The summed E-state index contributed by atoms with van der Waals surface area (Å²) in [6, 6.07) is 5.69. The van der Waals surface area contributed by atoms with Crippen LogP contribution in [0.25, 0.3) is 0 Å². The Kier molecular flexibility index (Phi) is 4.31. The molecule has 1 aromatic carbocycles. The Morgan fingerprint density at radius 3 is 2.67 bits per heavy atom. The Morgan fingerprint density at radius 1 is 1.38 bits per heavy atom. The molecule has 0 saturated heterocycles. The third kappa shape index (κ3) is 3.07. The van der Waals surface area contributed by atoms with Gasteiger partial charge in [-0.2, -0.15) is 5.10 Å². The molecule has 1 atom stereocenters. The summed E-state index contributed by atoms with van der Waals surface area (Å²) >= 11 is 0. The zero-order valence-electron chi connectivity index (χ0n) is 13.1. The molecule has 2 rings (SSSR count). The van der Waals surface area contributed by atoms with Gasteiger partial charge in [-0.25, -0.2) is 4.79 Å². The van der Waals surface area contributed by atoms with Gasteiger partial charge in [0.05, 0.1) is 24.4 Å². The Labute approximate surface area is 124 Å². The Balaban J connectivity index is 2.27. The van der Waals surface area contributed by atoms with E-state index in [1.165, 1.54) is 7.11 Å². The van der Waals surface area contributed by atoms with Crippen molar-refractivity contribution in [2.75, 3.05) is 12.4 Å². The van der Waals surface area contributed by atoms with Crippen LogP contribution in [0.15, 0.2) is 24.4 Å². The summed E-state index contributed by atoms with van der Waals surface area (Å²) in [4.78, 5) is 11.7. The van der Waals surface area contributed by atoms with Crippen LogP contribution in [0.3, 0.4) is 0 Å². The Bertz CT molecular complexity index is 662. The second kappa shape index (κ2) is 5.99. The fourth-order valence-electron chi connectivity index (χ4n) is 2.48. The van der Waals surface area contributed by atoms with Gasteiger partial charge in [0.25, 0.3) is 0 Å². The molecule has 2 aromatic rings. The van der Waals surface area contributed by atoms with E-state index in [1.807, 2.05) is 39.2 Å². The quantitative estimate of drug-likeness (QED) is 0.878. The van der Waals surface area contributed by atoms with Gasteiger partial charge < -0.3 is 10.1 Å². The number of hydrogen-bond donors (Lipinski definition) is 1. The second-order valence-electron chi connectivity index (χ2n) is 5.18. The molecule has 1 unspecified atom stereocenters. The highest BCUT2D eigenvalue weighted by Gasteiger charge is 2.15. The van der Waals surface area contributed by atoms with E-state index in [0.717, 1.165) is 22.5 Å². The maximum Gasteiger partial charge on any atom is 0.338 e. The first kappa shape index (κ1) is 15.1. The molecular weight excluding hydrogens is 266 g/mol. The highest BCUT2D eigenvalue weighted by atomic mass is 16.5. The van der Waals surface area contributed by atoms with E-state index < -0.39 is 0 Å². The van der Waals surface area contributed by atoms with Gasteiger partial charge in [0.15, 0.2) is 0 Å². The van der Waals surface area contributed by atoms with Crippen LogP contribution in [0.2, 0.25) is 0 Å². The number of rotatable bonds is 4. The van der Waals surface area contributed by atoms with Crippen LogP contribution in [0, 0.1) is 13.8 Å². The van der Waals surface area contributed by atoms with E-state index in [9.17, 15) is 4.79 Å². The van der Waals surface area contributed by atoms with Gasteiger partial charge in [0.1, 0.15) is 0 Å². The zero-order chi connectivity index (χ0) is 15.6. The summed E-state index contributed by atoms with van der Waals surface area (Å²) in [7, 11) is 3.30. The van der Waals surface area contributed by atoms with Crippen LogP contribution < -0.4 is 5.32 Å². The van der Waals surface area contributed by atoms with Crippen LogP contribution in [-0.4, -0.2) is 22.9 Å². The molecule has 0 aliphatic heterocycles. The number of nitrogens with one attached hydrogen (secondary N) is 1. The normalized spacial score (nSPS) is 12.0. The first-order chi connectivity index (χ1) is 9.93. The van der Waals surface area contributed by atoms with E-state index in [0.29, 0.717) is 5.56 Å². The number of anilines is 1. The number of nitrogens with zero attached hydrogens (tertiary/aromatic N) is 2. The molecule has 0 saturated carbocycles. The maximum absolute atomic E-state index is 11.7. The molecule has 0 bridgehead atoms. The average molecular weight is 287 g/mol. The largest absolute Gasteiger partial charge is 0.465 e. The number of ether oxygens (including phenoxy) is 1. The molecule has 0 amide bonds. The van der Waals surface area contributed by atoms with E-state index in [1.54, 1.807) is 10.7 Å². The first-order valence-electron chi connectivity index (χ1n) is 6.88. The monoisotopic (exact) mass is 287 g/mol. The number of aryl methyl sites for hydroxylation is 2. The van der Waals surface area contributed by atoms with Crippen molar-refractivity contribution >= 4 is 11.7 Å². The lowest BCUT2D eigenvalue weighted by Gasteiger charge is -2.18. The fraction of sp³-hybridized carbons (Fsp3) is 0.375. The van der Waals surface area contributed by atoms with Crippen molar-refractivity contribution < 1.29 is 9.53 Å². The predicted octanol–water partition coefficient (Wildman–Crippen LogP) is 3.00. The van der Waals surface area contributed by atoms with Gasteiger partial charge in [-0.15, -0.1) is 0 Å². The van der Waals surface area contributed by atoms with Gasteiger partial charge in [-0.05, 0) is 38.5 Å². The molecule has 0 radical (unpaired) electrons. The molecule has 1 aromatic heterocycles. The van der Waals surface area contributed by atoms with Crippen LogP contribution in [0.4, 0.5) is 5.69 Å². The number of esters is 1. The van der Waals surface area contributed by atoms with Crippen LogP contribution >= 0.6 is 0 Å². The number of hydrogen-bond acceptors (Lipinski definition) is 4. The van der Waals surface area contributed by atoms with Crippen LogP contribution in [0.1, 0.15) is 40.1 Å². The number of benzene rings is 1. The summed E-state index contributed by atoms with van der Waals surface area (Å²) in [5.41, 5.74) is 4.53. The lowest BCUT2D eigenvalue weighted by Crippen LogP contribution is -2.11. The lowest BCUT2D eigenvalue weighted by molar-refractivity contribution is 0.0600. The molecule has 1 heterocycles. The maximum atomic E-state index is 11.7. The van der Waals surface area contributed by atoms with Crippen molar-refractivity contribution in [1.82, 2.24) is 9.78 Å². The highest BCUT2D eigenvalue weighted by molar-refractivity contribution is 5.92. The minimum Gasteiger partial charge on any atom is -0.465 e. The highest BCUT2D eigenvalue weighted by Crippen LogP contribution is 2.25. The summed E-state index contributed by atoms with van der Waals surface area (Å²) in [5, 5.41) is 7.80. The van der Waals surface area contributed by atoms with Crippen molar-refractivity contribution in [2.45, 2.75) is 26.8 Å². The molecule has 5 nitrogen and oxygen atoms in total. The Hall–Kier alpha value is -2.30. The third-order valence-electron chi connectivity index (χ3n) is 3.63. The van der Waals surface area contributed by atoms with Crippen LogP contribution in [-0.2, 0) is 11.8 Å². The molecule has 5 heteroatoms. The van der Waals surface area contributed by atoms with Gasteiger partial charge in [-0.3, -0.25) is 4.68 Å². The number of methoxy groups -OCH3 is 1. The SMILES string of the molecule is COC(=O)c1cccc(NC(C)c2cn(C)nc2C)c1C. The lowest BCUT2D eigenvalue weighted by atomic mass is 10.0. The number of carbonyl (C=O) groups is 1. The number of aromatic nitrogens is 2. The van der Waals surface area contributed by atoms with Gasteiger partial charge in [-0.1, -0.05) is 6.07 Å². The van der Waals surface area contributed by atoms with Crippen molar-refractivity contribution in [1.29, 1.82) is 0 Å². The van der Waals surface area contributed by atoms with E-state index in [2.05, 4.69) is 17.3 Å².